The van der Waals surface area contributed by atoms with Crippen molar-refractivity contribution in [1.82, 2.24) is 10.2 Å². The molecule has 0 aromatic heterocycles. The lowest BCUT2D eigenvalue weighted by Gasteiger charge is -2.36. The van der Waals surface area contributed by atoms with Crippen molar-refractivity contribution in [3.05, 3.63) is 65.0 Å². The predicted molar refractivity (Wildman–Crippen MR) is 103 cm³/mol. The maximum absolute atomic E-state index is 13.9. The van der Waals surface area contributed by atoms with E-state index >= 15 is 0 Å². The highest BCUT2D eigenvalue weighted by atomic mass is 19.1. The van der Waals surface area contributed by atoms with Crippen LogP contribution in [0.1, 0.15) is 21.5 Å². The lowest BCUT2D eigenvalue weighted by atomic mass is 10.1. The molecule has 0 spiro atoms. The summed E-state index contributed by atoms with van der Waals surface area (Å²) in [5, 5.41) is 3.01. The Balaban J connectivity index is 1.45. The third-order valence-electron chi connectivity index (χ3n) is 4.92. The van der Waals surface area contributed by atoms with Gasteiger partial charge < -0.3 is 10.2 Å². The molecule has 1 aliphatic rings. The molecule has 2 aromatic carbocycles. The molecule has 0 radical (unpaired) electrons. The zero-order chi connectivity index (χ0) is 18.5. The molecule has 3 rings (SSSR count). The fourth-order valence-corrected chi connectivity index (χ4v) is 3.32. The normalized spacial score (nSPS) is 15.1. The Morgan fingerprint density at radius 3 is 2.54 bits per heavy atom. The average Bonchev–Trinajstić information content (AvgIpc) is 2.65. The van der Waals surface area contributed by atoms with Gasteiger partial charge in [0.05, 0.1) is 5.69 Å². The first-order valence-corrected chi connectivity index (χ1v) is 9.12. The van der Waals surface area contributed by atoms with Crippen LogP contribution in [0.3, 0.4) is 0 Å². The Morgan fingerprint density at radius 2 is 1.81 bits per heavy atom. The molecule has 1 aliphatic heterocycles. The van der Waals surface area contributed by atoms with E-state index in [1.807, 2.05) is 44.2 Å². The van der Waals surface area contributed by atoms with Gasteiger partial charge in [0.1, 0.15) is 5.82 Å². The Labute approximate surface area is 154 Å². The first-order valence-electron chi connectivity index (χ1n) is 9.12. The summed E-state index contributed by atoms with van der Waals surface area (Å²) in [6, 6.07) is 12.8. The van der Waals surface area contributed by atoms with Crippen molar-refractivity contribution < 1.29 is 9.18 Å². The zero-order valence-corrected chi connectivity index (χ0v) is 15.5. The lowest BCUT2D eigenvalue weighted by Crippen LogP contribution is -2.48. The SMILES string of the molecule is Cc1ccc(C)c(C(=O)NCCN2CCN(c3ccccc3F)CC2)c1. The number of halogens is 1. The third-order valence-corrected chi connectivity index (χ3v) is 4.92. The summed E-state index contributed by atoms with van der Waals surface area (Å²) in [6.45, 7) is 8.70. The van der Waals surface area contributed by atoms with Crippen molar-refractivity contribution in [2.24, 2.45) is 0 Å². The van der Waals surface area contributed by atoms with Gasteiger partial charge >= 0.3 is 0 Å². The molecule has 4 nitrogen and oxygen atoms in total. The molecule has 1 saturated heterocycles. The van der Waals surface area contributed by atoms with Gasteiger partial charge in [-0.1, -0.05) is 29.8 Å². The molecule has 1 heterocycles. The van der Waals surface area contributed by atoms with E-state index in [1.54, 1.807) is 6.07 Å². The Bertz CT molecular complexity index is 770. The van der Waals surface area contributed by atoms with Crippen molar-refractivity contribution in [3.63, 3.8) is 0 Å². The number of aryl methyl sites for hydroxylation is 2. The van der Waals surface area contributed by atoms with Gasteiger partial charge in [-0.15, -0.1) is 0 Å². The van der Waals surface area contributed by atoms with E-state index in [2.05, 4.69) is 15.1 Å². The van der Waals surface area contributed by atoms with E-state index in [9.17, 15) is 9.18 Å². The van der Waals surface area contributed by atoms with Crippen molar-refractivity contribution >= 4 is 11.6 Å². The maximum atomic E-state index is 13.9. The third kappa shape index (κ3) is 4.41. The number of amides is 1. The number of carbonyl (C=O) groups is 1. The second-order valence-corrected chi connectivity index (χ2v) is 6.85. The molecule has 1 N–H and O–H groups in total. The predicted octanol–water partition coefficient (Wildman–Crippen LogP) is 2.99. The molecule has 0 bridgehead atoms. The molecule has 0 aliphatic carbocycles. The maximum Gasteiger partial charge on any atom is 0.251 e. The van der Waals surface area contributed by atoms with Gasteiger partial charge in [-0.3, -0.25) is 9.69 Å². The van der Waals surface area contributed by atoms with E-state index in [4.69, 9.17) is 0 Å². The number of anilines is 1. The number of para-hydroxylation sites is 1. The summed E-state index contributed by atoms with van der Waals surface area (Å²) in [6.07, 6.45) is 0. The highest BCUT2D eigenvalue weighted by Gasteiger charge is 2.19. The number of hydrogen-bond donors (Lipinski definition) is 1. The van der Waals surface area contributed by atoms with E-state index in [-0.39, 0.29) is 11.7 Å². The topological polar surface area (TPSA) is 35.6 Å². The smallest absolute Gasteiger partial charge is 0.251 e. The van der Waals surface area contributed by atoms with Gasteiger partial charge in [-0.2, -0.15) is 0 Å². The first kappa shape index (κ1) is 18.4. The highest BCUT2D eigenvalue weighted by Crippen LogP contribution is 2.20. The number of carbonyl (C=O) groups excluding carboxylic acids is 1. The minimum atomic E-state index is -0.165. The van der Waals surface area contributed by atoms with E-state index in [0.29, 0.717) is 12.2 Å². The second-order valence-electron chi connectivity index (χ2n) is 6.85. The molecule has 0 atom stereocenters. The van der Waals surface area contributed by atoms with Gasteiger partial charge in [-0.05, 0) is 37.6 Å². The van der Waals surface area contributed by atoms with Crippen LogP contribution in [-0.4, -0.2) is 50.1 Å². The van der Waals surface area contributed by atoms with Gasteiger partial charge in [0.15, 0.2) is 0 Å². The first-order chi connectivity index (χ1) is 12.5. The fraction of sp³-hybridized carbons (Fsp3) is 0.381. The standard InChI is InChI=1S/C21H26FN3O/c1-16-7-8-17(2)18(15-16)21(26)23-9-10-24-11-13-25(14-12-24)20-6-4-3-5-19(20)22/h3-8,15H,9-14H2,1-2H3,(H,23,26). The van der Waals surface area contributed by atoms with Crippen LogP contribution in [0.15, 0.2) is 42.5 Å². The fourth-order valence-electron chi connectivity index (χ4n) is 3.32. The monoisotopic (exact) mass is 355 g/mol. The van der Waals surface area contributed by atoms with Crippen LogP contribution < -0.4 is 10.2 Å². The van der Waals surface area contributed by atoms with Crippen molar-refractivity contribution in [3.8, 4) is 0 Å². The molecule has 1 amide bonds. The number of hydrogen-bond acceptors (Lipinski definition) is 3. The summed E-state index contributed by atoms with van der Waals surface area (Å²) in [7, 11) is 0. The summed E-state index contributed by atoms with van der Waals surface area (Å²) < 4.78 is 13.9. The molecule has 5 heteroatoms. The molecule has 2 aromatic rings. The van der Waals surface area contributed by atoms with Gasteiger partial charge in [0.25, 0.3) is 5.91 Å². The number of piperazine rings is 1. The van der Waals surface area contributed by atoms with Crippen LogP contribution in [-0.2, 0) is 0 Å². The van der Waals surface area contributed by atoms with Crippen LogP contribution >= 0.6 is 0 Å². The van der Waals surface area contributed by atoms with E-state index in [0.717, 1.165) is 49.4 Å². The van der Waals surface area contributed by atoms with E-state index < -0.39 is 0 Å². The summed E-state index contributed by atoms with van der Waals surface area (Å²) >= 11 is 0. The van der Waals surface area contributed by atoms with E-state index in [1.165, 1.54) is 6.07 Å². The average molecular weight is 355 g/mol. The Hall–Kier alpha value is -2.40. The van der Waals surface area contributed by atoms with Crippen molar-refractivity contribution in [1.29, 1.82) is 0 Å². The number of nitrogens with zero attached hydrogens (tertiary/aromatic N) is 2. The largest absolute Gasteiger partial charge is 0.367 e. The number of nitrogens with one attached hydrogen (secondary N) is 1. The quantitative estimate of drug-likeness (QED) is 0.896. The number of benzene rings is 2. The molecular formula is C21H26FN3O. The van der Waals surface area contributed by atoms with Crippen LogP contribution in [0.4, 0.5) is 10.1 Å². The molecule has 1 fully saturated rings. The Morgan fingerprint density at radius 1 is 1.08 bits per heavy atom. The molecule has 0 saturated carbocycles. The highest BCUT2D eigenvalue weighted by molar-refractivity contribution is 5.95. The summed E-state index contributed by atoms with van der Waals surface area (Å²) in [4.78, 5) is 16.7. The minimum Gasteiger partial charge on any atom is -0.367 e. The van der Waals surface area contributed by atoms with Gasteiger partial charge in [-0.25, -0.2) is 4.39 Å². The van der Waals surface area contributed by atoms with Crippen molar-refractivity contribution in [2.45, 2.75) is 13.8 Å². The Kier molecular flexibility index (Phi) is 5.89. The van der Waals surface area contributed by atoms with Crippen LogP contribution in [0.25, 0.3) is 0 Å². The summed E-state index contributed by atoms with van der Waals surface area (Å²) in [5.74, 6) is -0.182. The molecule has 26 heavy (non-hydrogen) atoms. The molecule has 0 unspecified atom stereocenters. The molecular weight excluding hydrogens is 329 g/mol. The van der Waals surface area contributed by atoms with Crippen LogP contribution in [0, 0.1) is 19.7 Å². The molecule has 138 valence electrons. The van der Waals surface area contributed by atoms with Crippen molar-refractivity contribution in [2.75, 3.05) is 44.2 Å². The summed E-state index contributed by atoms with van der Waals surface area (Å²) in [5.41, 5.74) is 3.50. The van der Waals surface area contributed by atoms with Crippen LogP contribution in [0.5, 0.6) is 0 Å². The van der Waals surface area contributed by atoms with Gasteiger partial charge in [0, 0.05) is 44.8 Å². The lowest BCUT2D eigenvalue weighted by molar-refractivity contribution is 0.0947. The minimum absolute atomic E-state index is 0.0174. The van der Waals surface area contributed by atoms with Gasteiger partial charge in [0.2, 0.25) is 0 Å². The number of rotatable bonds is 5. The second kappa shape index (κ2) is 8.32. The zero-order valence-electron chi connectivity index (χ0n) is 15.5. The van der Waals surface area contributed by atoms with Crippen LogP contribution in [0.2, 0.25) is 0 Å².